The Bertz CT molecular complexity index is 1010. The van der Waals surface area contributed by atoms with Crippen LogP contribution in [0.3, 0.4) is 0 Å². The van der Waals surface area contributed by atoms with Crippen LogP contribution in [-0.4, -0.2) is 44.0 Å². The molecule has 0 bridgehead atoms. The number of nitrogens with zero attached hydrogens (tertiary/aromatic N) is 2. The molecule has 8 heteroatoms. The second kappa shape index (κ2) is 9.86. The van der Waals surface area contributed by atoms with Crippen molar-refractivity contribution in [3.63, 3.8) is 0 Å². The summed E-state index contributed by atoms with van der Waals surface area (Å²) in [4.78, 5) is 12.6. The van der Waals surface area contributed by atoms with Crippen molar-refractivity contribution in [1.29, 1.82) is 0 Å². The zero-order valence-corrected chi connectivity index (χ0v) is 18.1. The Morgan fingerprint density at radius 1 is 1.10 bits per heavy atom. The van der Waals surface area contributed by atoms with Gasteiger partial charge < -0.3 is 4.74 Å². The summed E-state index contributed by atoms with van der Waals surface area (Å²) in [6.45, 7) is 5.53. The second-order valence-corrected chi connectivity index (χ2v) is 9.09. The van der Waals surface area contributed by atoms with Gasteiger partial charge in [0.05, 0.1) is 17.2 Å². The van der Waals surface area contributed by atoms with Gasteiger partial charge in [0.2, 0.25) is 10.0 Å². The van der Waals surface area contributed by atoms with Crippen LogP contribution in [0.1, 0.15) is 49.0 Å². The first kappa shape index (κ1) is 22.0. The van der Waals surface area contributed by atoms with Gasteiger partial charge in [-0.2, -0.15) is 9.41 Å². The number of amides is 1. The first-order chi connectivity index (χ1) is 14.4. The molecule has 1 aliphatic heterocycles. The zero-order valence-electron chi connectivity index (χ0n) is 17.3. The lowest BCUT2D eigenvalue weighted by Crippen LogP contribution is -2.28. The second-order valence-electron chi connectivity index (χ2n) is 7.15. The van der Waals surface area contributed by atoms with Gasteiger partial charge in [0, 0.05) is 18.7 Å². The van der Waals surface area contributed by atoms with Crippen LogP contribution in [0, 0.1) is 0 Å². The number of ether oxygens (including phenoxy) is 1. The van der Waals surface area contributed by atoms with Gasteiger partial charge in [-0.3, -0.25) is 4.79 Å². The van der Waals surface area contributed by atoms with Gasteiger partial charge >= 0.3 is 0 Å². The summed E-state index contributed by atoms with van der Waals surface area (Å²) in [5, 5.41) is 4.15. The van der Waals surface area contributed by atoms with E-state index in [2.05, 4.69) is 10.5 Å². The highest BCUT2D eigenvalue weighted by Crippen LogP contribution is 2.21. The topological polar surface area (TPSA) is 88.1 Å². The van der Waals surface area contributed by atoms with Gasteiger partial charge in [-0.05, 0) is 74.2 Å². The van der Waals surface area contributed by atoms with Gasteiger partial charge in [-0.1, -0.05) is 13.0 Å². The van der Waals surface area contributed by atoms with Gasteiger partial charge in [0.1, 0.15) is 5.75 Å². The molecule has 7 nitrogen and oxygen atoms in total. The fraction of sp³-hybridized carbons (Fsp3) is 0.364. The number of carbonyl (C=O) groups is 1. The lowest BCUT2D eigenvalue weighted by atomic mass is 10.1. The molecule has 2 aromatic rings. The molecule has 0 unspecified atom stereocenters. The van der Waals surface area contributed by atoms with Crippen LogP contribution >= 0.6 is 0 Å². The van der Waals surface area contributed by atoms with E-state index in [-0.39, 0.29) is 10.5 Å². The van der Waals surface area contributed by atoms with Crippen LogP contribution in [0.25, 0.3) is 0 Å². The molecule has 1 amide bonds. The number of carbonyl (C=O) groups excluding carboxylic acids is 1. The van der Waals surface area contributed by atoms with Gasteiger partial charge in [0.15, 0.2) is 0 Å². The van der Waals surface area contributed by atoms with Crippen LogP contribution in [0.2, 0.25) is 0 Å². The number of hydrogen-bond acceptors (Lipinski definition) is 5. The van der Waals surface area contributed by atoms with Crippen molar-refractivity contribution in [2.45, 2.75) is 38.0 Å². The van der Waals surface area contributed by atoms with E-state index in [9.17, 15) is 13.2 Å². The molecule has 0 saturated carbocycles. The Morgan fingerprint density at radius 3 is 2.47 bits per heavy atom. The maximum atomic E-state index is 12.7. The Balaban J connectivity index is 1.68. The summed E-state index contributed by atoms with van der Waals surface area (Å²) < 4.78 is 32.4. The molecular formula is C22H27N3O4S. The Kier molecular flexibility index (Phi) is 7.23. The molecule has 2 aromatic carbocycles. The lowest BCUT2D eigenvalue weighted by Gasteiger charge is -2.15. The molecular weight excluding hydrogens is 402 g/mol. The first-order valence-corrected chi connectivity index (χ1v) is 11.5. The summed E-state index contributed by atoms with van der Waals surface area (Å²) in [6.07, 6.45) is 2.66. The number of nitrogens with one attached hydrogen (secondary N) is 1. The predicted molar refractivity (Wildman–Crippen MR) is 116 cm³/mol. The van der Waals surface area contributed by atoms with Crippen molar-refractivity contribution in [1.82, 2.24) is 9.73 Å². The molecule has 1 aliphatic rings. The Labute approximate surface area is 177 Å². The van der Waals surface area contributed by atoms with Crippen molar-refractivity contribution in [3.8, 4) is 5.75 Å². The minimum absolute atomic E-state index is 0.125. The standard InChI is InChI=1S/C22H27N3O4S/c1-3-15-29-20-11-9-18(10-12-20)17(2)23-24-22(26)19-7-6-8-21(16-19)30(27,28)25-13-4-5-14-25/h6-12,16H,3-5,13-15H2,1-2H3,(H,24,26)/b23-17+. The van der Waals surface area contributed by atoms with E-state index in [4.69, 9.17) is 4.74 Å². The van der Waals surface area contributed by atoms with Crippen LogP contribution in [0.15, 0.2) is 58.5 Å². The van der Waals surface area contributed by atoms with Crippen molar-refractivity contribution in [3.05, 3.63) is 59.7 Å². The number of benzene rings is 2. The van der Waals surface area contributed by atoms with Crippen LogP contribution in [-0.2, 0) is 10.0 Å². The van der Waals surface area contributed by atoms with Crippen molar-refractivity contribution in [2.75, 3.05) is 19.7 Å². The highest BCUT2D eigenvalue weighted by atomic mass is 32.2. The molecule has 0 aliphatic carbocycles. The third kappa shape index (κ3) is 5.25. The average molecular weight is 430 g/mol. The Hall–Kier alpha value is -2.71. The van der Waals surface area contributed by atoms with E-state index < -0.39 is 15.9 Å². The van der Waals surface area contributed by atoms with Crippen molar-refractivity contribution in [2.24, 2.45) is 5.10 Å². The number of sulfonamides is 1. The maximum absolute atomic E-state index is 12.7. The quantitative estimate of drug-likeness (QED) is 0.514. The first-order valence-electron chi connectivity index (χ1n) is 10.1. The van der Waals surface area contributed by atoms with Gasteiger partial charge in [-0.25, -0.2) is 13.8 Å². The highest BCUT2D eigenvalue weighted by molar-refractivity contribution is 7.89. The fourth-order valence-electron chi connectivity index (χ4n) is 3.15. The van der Waals surface area contributed by atoms with Crippen LogP contribution < -0.4 is 10.2 Å². The van der Waals surface area contributed by atoms with Crippen molar-refractivity contribution < 1.29 is 17.9 Å². The fourth-order valence-corrected chi connectivity index (χ4v) is 4.71. The Morgan fingerprint density at radius 2 is 1.80 bits per heavy atom. The van der Waals surface area contributed by atoms with Gasteiger partial charge in [-0.15, -0.1) is 0 Å². The van der Waals surface area contributed by atoms with E-state index in [1.54, 1.807) is 19.1 Å². The summed E-state index contributed by atoms with van der Waals surface area (Å²) in [7, 11) is -3.57. The summed E-state index contributed by atoms with van der Waals surface area (Å²) in [5.74, 6) is 0.323. The van der Waals surface area contributed by atoms with Gasteiger partial charge in [0.25, 0.3) is 5.91 Å². The average Bonchev–Trinajstić information content (AvgIpc) is 3.32. The monoisotopic (exact) mass is 429 g/mol. The molecule has 1 heterocycles. The normalized spacial score (nSPS) is 15.2. The minimum atomic E-state index is -3.57. The van der Waals surface area contributed by atoms with E-state index in [1.807, 2.05) is 31.2 Å². The molecule has 1 N–H and O–H groups in total. The van der Waals surface area contributed by atoms with Crippen LogP contribution in [0.4, 0.5) is 0 Å². The molecule has 0 aromatic heterocycles. The SMILES string of the molecule is CCCOc1ccc(/C(C)=N/NC(=O)c2cccc(S(=O)(=O)N3CCCC3)c2)cc1. The highest BCUT2D eigenvalue weighted by Gasteiger charge is 2.27. The molecule has 0 spiro atoms. The van der Waals surface area contributed by atoms with E-state index >= 15 is 0 Å². The summed E-state index contributed by atoms with van der Waals surface area (Å²) >= 11 is 0. The smallest absolute Gasteiger partial charge is 0.271 e. The van der Waals surface area contributed by atoms with E-state index in [0.29, 0.717) is 25.4 Å². The molecule has 160 valence electrons. The molecule has 1 fully saturated rings. The molecule has 0 atom stereocenters. The van der Waals surface area contributed by atoms with Crippen LogP contribution in [0.5, 0.6) is 5.75 Å². The van der Waals surface area contributed by atoms with Crippen molar-refractivity contribution >= 4 is 21.6 Å². The molecule has 0 radical (unpaired) electrons. The lowest BCUT2D eigenvalue weighted by molar-refractivity contribution is 0.0954. The predicted octanol–water partition coefficient (Wildman–Crippen LogP) is 3.41. The molecule has 1 saturated heterocycles. The number of hydrogen-bond donors (Lipinski definition) is 1. The minimum Gasteiger partial charge on any atom is -0.494 e. The largest absolute Gasteiger partial charge is 0.494 e. The third-order valence-electron chi connectivity index (χ3n) is 4.87. The number of hydrazone groups is 1. The third-order valence-corrected chi connectivity index (χ3v) is 6.76. The number of rotatable bonds is 8. The maximum Gasteiger partial charge on any atom is 0.271 e. The van der Waals surface area contributed by atoms with E-state index in [0.717, 1.165) is 30.6 Å². The molecule has 3 rings (SSSR count). The molecule has 30 heavy (non-hydrogen) atoms. The summed E-state index contributed by atoms with van der Waals surface area (Å²) in [5.41, 5.74) is 4.23. The summed E-state index contributed by atoms with van der Waals surface area (Å²) in [6, 6.07) is 13.5. The van der Waals surface area contributed by atoms with E-state index in [1.165, 1.54) is 16.4 Å². The zero-order chi connectivity index (χ0) is 21.6.